The number of urea groups is 1. The van der Waals surface area contributed by atoms with Crippen molar-refractivity contribution in [3.63, 3.8) is 0 Å². The van der Waals surface area contributed by atoms with E-state index in [0.717, 1.165) is 6.42 Å². The Morgan fingerprint density at radius 2 is 2.20 bits per heavy atom. The Morgan fingerprint density at radius 1 is 1.45 bits per heavy atom. The SMILES string of the molecule is CCOc1ccc(NC(=O)NC(C)CCOC)cc1Cl. The van der Waals surface area contributed by atoms with Crippen molar-refractivity contribution in [2.45, 2.75) is 26.3 Å². The van der Waals surface area contributed by atoms with Crippen LogP contribution in [0.5, 0.6) is 5.75 Å². The Morgan fingerprint density at radius 3 is 2.80 bits per heavy atom. The van der Waals surface area contributed by atoms with E-state index in [1.165, 1.54) is 0 Å². The van der Waals surface area contributed by atoms with Crippen LogP contribution in [0.2, 0.25) is 5.02 Å². The highest BCUT2D eigenvalue weighted by Crippen LogP contribution is 2.27. The van der Waals surface area contributed by atoms with E-state index in [-0.39, 0.29) is 12.1 Å². The number of nitrogens with one attached hydrogen (secondary N) is 2. The second-order valence-electron chi connectivity index (χ2n) is 4.36. The van der Waals surface area contributed by atoms with Crippen LogP contribution in [0.3, 0.4) is 0 Å². The lowest BCUT2D eigenvalue weighted by Gasteiger charge is -2.14. The lowest BCUT2D eigenvalue weighted by molar-refractivity contribution is 0.185. The standard InChI is InChI=1S/C14H21ClN2O3/c1-4-20-13-6-5-11(9-12(13)15)17-14(18)16-10(2)7-8-19-3/h5-6,9-10H,4,7-8H2,1-3H3,(H2,16,17,18). The number of halogens is 1. The van der Waals surface area contributed by atoms with Crippen LogP contribution in [0.25, 0.3) is 0 Å². The minimum Gasteiger partial charge on any atom is -0.492 e. The van der Waals surface area contributed by atoms with E-state index in [0.29, 0.717) is 29.7 Å². The molecule has 0 saturated heterocycles. The molecule has 0 radical (unpaired) electrons. The van der Waals surface area contributed by atoms with Gasteiger partial charge in [-0.15, -0.1) is 0 Å². The number of rotatable bonds is 7. The van der Waals surface area contributed by atoms with E-state index in [4.69, 9.17) is 21.1 Å². The summed E-state index contributed by atoms with van der Waals surface area (Å²) in [5.41, 5.74) is 0.620. The molecule has 1 aromatic carbocycles. The summed E-state index contributed by atoms with van der Waals surface area (Å²) in [7, 11) is 1.63. The maximum absolute atomic E-state index is 11.8. The second-order valence-corrected chi connectivity index (χ2v) is 4.77. The molecule has 0 aromatic heterocycles. The molecular formula is C14H21ClN2O3. The van der Waals surface area contributed by atoms with Gasteiger partial charge in [-0.05, 0) is 38.5 Å². The Bertz CT molecular complexity index is 440. The fourth-order valence-corrected chi connectivity index (χ4v) is 1.84. The average molecular weight is 301 g/mol. The number of carbonyl (C=O) groups is 1. The van der Waals surface area contributed by atoms with Crippen LogP contribution in [0.1, 0.15) is 20.3 Å². The number of benzene rings is 1. The van der Waals surface area contributed by atoms with Crippen LogP contribution in [0, 0.1) is 0 Å². The first-order valence-electron chi connectivity index (χ1n) is 6.55. The maximum atomic E-state index is 11.8. The van der Waals surface area contributed by atoms with Crippen LogP contribution in [-0.4, -0.2) is 32.4 Å². The lowest BCUT2D eigenvalue weighted by atomic mass is 10.2. The van der Waals surface area contributed by atoms with Gasteiger partial charge in [-0.3, -0.25) is 0 Å². The maximum Gasteiger partial charge on any atom is 0.319 e. The van der Waals surface area contributed by atoms with Crippen molar-refractivity contribution < 1.29 is 14.3 Å². The van der Waals surface area contributed by atoms with E-state index >= 15 is 0 Å². The molecule has 2 N–H and O–H groups in total. The first-order valence-corrected chi connectivity index (χ1v) is 6.93. The first kappa shape index (κ1) is 16.6. The van der Waals surface area contributed by atoms with Gasteiger partial charge in [0.1, 0.15) is 5.75 Å². The van der Waals surface area contributed by atoms with Gasteiger partial charge in [0.05, 0.1) is 11.6 Å². The van der Waals surface area contributed by atoms with Gasteiger partial charge in [0, 0.05) is 25.4 Å². The highest BCUT2D eigenvalue weighted by molar-refractivity contribution is 6.32. The molecule has 6 heteroatoms. The number of ether oxygens (including phenoxy) is 2. The summed E-state index contributed by atoms with van der Waals surface area (Å²) in [6.07, 6.45) is 0.758. The summed E-state index contributed by atoms with van der Waals surface area (Å²) in [6, 6.07) is 4.90. The Labute approximate surface area is 124 Å². The van der Waals surface area contributed by atoms with Crippen molar-refractivity contribution in [3.05, 3.63) is 23.2 Å². The fraction of sp³-hybridized carbons (Fsp3) is 0.500. The number of hydrogen-bond donors (Lipinski definition) is 2. The molecule has 20 heavy (non-hydrogen) atoms. The van der Waals surface area contributed by atoms with Crippen LogP contribution in [-0.2, 0) is 4.74 Å². The zero-order chi connectivity index (χ0) is 15.0. The monoisotopic (exact) mass is 300 g/mol. The fourth-order valence-electron chi connectivity index (χ4n) is 1.61. The molecule has 5 nitrogen and oxygen atoms in total. The van der Waals surface area contributed by atoms with Crippen molar-refractivity contribution in [2.24, 2.45) is 0 Å². The number of amides is 2. The smallest absolute Gasteiger partial charge is 0.319 e. The van der Waals surface area contributed by atoms with Crippen molar-refractivity contribution >= 4 is 23.3 Å². The number of hydrogen-bond acceptors (Lipinski definition) is 3. The lowest BCUT2D eigenvalue weighted by Crippen LogP contribution is -2.36. The van der Waals surface area contributed by atoms with E-state index in [1.807, 2.05) is 13.8 Å². The van der Waals surface area contributed by atoms with Crippen molar-refractivity contribution in [3.8, 4) is 5.75 Å². The van der Waals surface area contributed by atoms with Gasteiger partial charge in [-0.25, -0.2) is 4.79 Å². The van der Waals surface area contributed by atoms with Gasteiger partial charge in [0.25, 0.3) is 0 Å². The molecule has 0 aliphatic heterocycles. The van der Waals surface area contributed by atoms with Crippen molar-refractivity contribution in [2.75, 3.05) is 25.6 Å². The summed E-state index contributed by atoms with van der Waals surface area (Å²) in [5, 5.41) is 6.02. The largest absolute Gasteiger partial charge is 0.492 e. The average Bonchev–Trinajstić information content (AvgIpc) is 2.39. The zero-order valence-corrected chi connectivity index (χ0v) is 12.8. The normalized spacial score (nSPS) is 11.8. The molecule has 112 valence electrons. The molecular weight excluding hydrogens is 280 g/mol. The van der Waals surface area contributed by atoms with Crippen molar-refractivity contribution in [1.82, 2.24) is 5.32 Å². The quantitative estimate of drug-likeness (QED) is 0.812. The molecule has 0 heterocycles. The summed E-state index contributed by atoms with van der Waals surface area (Å²) in [6.45, 7) is 4.96. The van der Waals surface area contributed by atoms with Gasteiger partial charge in [0.2, 0.25) is 0 Å². The minimum absolute atomic E-state index is 0.0353. The molecule has 2 amide bonds. The number of methoxy groups -OCH3 is 1. The topological polar surface area (TPSA) is 59.6 Å². The predicted molar refractivity (Wildman–Crippen MR) is 80.7 cm³/mol. The number of anilines is 1. The summed E-state index contributed by atoms with van der Waals surface area (Å²) in [5.74, 6) is 0.605. The van der Waals surface area contributed by atoms with E-state index in [2.05, 4.69) is 10.6 Å². The molecule has 1 rings (SSSR count). The van der Waals surface area contributed by atoms with Crippen molar-refractivity contribution in [1.29, 1.82) is 0 Å². The predicted octanol–water partition coefficient (Wildman–Crippen LogP) is 3.29. The van der Waals surface area contributed by atoms with Gasteiger partial charge in [-0.2, -0.15) is 0 Å². The second kappa shape index (κ2) is 8.66. The van der Waals surface area contributed by atoms with Gasteiger partial charge in [-0.1, -0.05) is 11.6 Å². The van der Waals surface area contributed by atoms with Crippen LogP contribution >= 0.6 is 11.6 Å². The highest BCUT2D eigenvalue weighted by Gasteiger charge is 2.08. The molecule has 1 aromatic rings. The summed E-state index contributed by atoms with van der Waals surface area (Å²) in [4.78, 5) is 11.8. The van der Waals surface area contributed by atoms with E-state index in [1.54, 1.807) is 25.3 Å². The third kappa shape index (κ3) is 5.67. The number of carbonyl (C=O) groups excluding carboxylic acids is 1. The Hall–Kier alpha value is -1.46. The molecule has 1 atom stereocenters. The minimum atomic E-state index is -0.270. The molecule has 0 saturated carbocycles. The Kier molecular flexibility index (Phi) is 7.18. The van der Waals surface area contributed by atoms with Gasteiger partial charge in [0.15, 0.2) is 0 Å². The third-order valence-corrected chi connectivity index (χ3v) is 2.92. The molecule has 0 spiro atoms. The van der Waals surface area contributed by atoms with Gasteiger partial charge >= 0.3 is 6.03 Å². The first-order chi connectivity index (χ1) is 9.56. The van der Waals surface area contributed by atoms with Gasteiger partial charge < -0.3 is 20.1 Å². The third-order valence-electron chi connectivity index (χ3n) is 2.62. The van der Waals surface area contributed by atoms with E-state index in [9.17, 15) is 4.79 Å². The molecule has 0 aliphatic rings. The highest BCUT2D eigenvalue weighted by atomic mass is 35.5. The molecule has 0 aliphatic carbocycles. The zero-order valence-electron chi connectivity index (χ0n) is 12.0. The molecule has 0 bridgehead atoms. The van der Waals surface area contributed by atoms with Crippen LogP contribution in [0.4, 0.5) is 10.5 Å². The Balaban J connectivity index is 2.51. The summed E-state index contributed by atoms with van der Waals surface area (Å²) < 4.78 is 10.3. The molecule has 1 unspecified atom stereocenters. The van der Waals surface area contributed by atoms with Crippen LogP contribution in [0.15, 0.2) is 18.2 Å². The van der Waals surface area contributed by atoms with Crippen LogP contribution < -0.4 is 15.4 Å². The molecule has 0 fully saturated rings. The van der Waals surface area contributed by atoms with E-state index < -0.39 is 0 Å². The summed E-state index contributed by atoms with van der Waals surface area (Å²) >= 11 is 6.05.